The van der Waals surface area contributed by atoms with E-state index in [-0.39, 0.29) is 0 Å². The topological polar surface area (TPSA) is 75.9 Å². The van der Waals surface area contributed by atoms with Crippen molar-refractivity contribution in [2.75, 3.05) is 29.5 Å². The number of anilines is 3. The first-order chi connectivity index (χ1) is 7.79. The van der Waals surface area contributed by atoms with Gasteiger partial charge in [-0.1, -0.05) is 20.3 Å². The molecule has 0 aliphatic carbocycles. The van der Waals surface area contributed by atoms with Gasteiger partial charge in [0.2, 0.25) is 0 Å². The number of nitrogen functional groups attached to an aromatic ring is 1. The van der Waals surface area contributed by atoms with Crippen molar-refractivity contribution in [1.29, 1.82) is 0 Å². The smallest absolute Gasteiger partial charge is 0.154 e. The Bertz CT molecular complexity index is 313. The van der Waals surface area contributed by atoms with E-state index in [1.165, 1.54) is 6.33 Å². The van der Waals surface area contributed by atoms with E-state index in [0.717, 1.165) is 44.0 Å². The van der Waals surface area contributed by atoms with Crippen molar-refractivity contribution in [1.82, 2.24) is 9.97 Å². The minimum absolute atomic E-state index is 0.604. The van der Waals surface area contributed by atoms with E-state index >= 15 is 0 Å². The molecule has 1 rings (SSSR count). The van der Waals surface area contributed by atoms with Crippen LogP contribution in [0.15, 0.2) is 6.33 Å². The number of nitrogens with zero attached hydrogens (tertiary/aromatic N) is 2. The van der Waals surface area contributed by atoms with E-state index in [4.69, 9.17) is 5.73 Å². The molecule has 1 aromatic heterocycles. The summed E-state index contributed by atoms with van der Waals surface area (Å²) in [5.74, 6) is 1.44. The normalized spacial score (nSPS) is 10.1. The van der Waals surface area contributed by atoms with Gasteiger partial charge in [-0.2, -0.15) is 0 Å². The monoisotopic (exact) mass is 223 g/mol. The third-order valence-corrected chi connectivity index (χ3v) is 2.25. The van der Waals surface area contributed by atoms with Crippen molar-refractivity contribution in [3.63, 3.8) is 0 Å². The molecule has 1 aromatic rings. The summed E-state index contributed by atoms with van der Waals surface area (Å²) in [6, 6.07) is 0. The first-order valence-electron chi connectivity index (χ1n) is 5.87. The summed E-state index contributed by atoms with van der Waals surface area (Å²) in [6.45, 7) is 6.02. The molecule has 0 aromatic carbocycles. The number of nitrogens with two attached hydrogens (primary N) is 1. The van der Waals surface area contributed by atoms with Gasteiger partial charge in [-0.25, -0.2) is 9.97 Å². The molecule has 1 heterocycles. The zero-order valence-corrected chi connectivity index (χ0v) is 10.1. The lowest BCUT2D eigenvalue weighted by atomic mass is 10.3. The number of aromatic nitrogens is 2. The Morgan fingerprint density at radius 1 is 1.06 bits per heavy atom. The van der Waals surface area contributed by atoms with Crippen LogP contribution in [0.1, 0.15) is 33.1 Å². The molecule has 0 fully saturated rings. The van der Waals surface area contributed by atoms with Crippen molar-refractivity contribution in [2.45, 2.75) is 33.1 Å². The fourth-order valence-electron chi connectivity index (χ4n) is 1.30. The van der Waals surface area contributed by atoms with Crippen LogP contribution >= 0.6 is 0 Å². The van der Waals surface area contributed by atoms with Crippen LogP contribution in [0.25, 0.3) is 0 Å². The van der Waals surface area contributed by atoms with Gasteiger partial charge in [-0.3, -0.25) is 0 Å². The second kappa shape index (κ2) is 6.87. The van der Waals surface area contributed by atoms with Gasteiger partial charge in [-0.15, -0.1) is 0 Å². The number of nitrogens with one attached hydrogen (secondary N) is 2. The highest BCUT2D eigenvalue weighted by atomic mass is 15.1. The summed E-state index contributed by atoms with van der Waals surface area (Å²) in [6.07, 6.45) is 4.84. The molecule has 0 radical (unpaired) electrons. The molecule has 0 aliphatic rings. The highest BCUT2D eigenvalue weighted by Gasteiger charge is 2.06. The molecule has 0 bridgehead atoms. The largest absolute Gasteiger partial charge is 0.393 e. The molecule has 0 unspecified atom stereocenters. The lowest BCUT2D eigenvalue weighted by Gasteiger charge is -2.11. The van der Waals surface area contributed by atoms with Crippen molar-refractivity contribution >= 4 is 17.3 Å². The molecule has 5 heteroatoms. The maximum atomic E-state index is 5.96. The Labute approximate surface area is 96.9 Å². The van der Waals surface area contributed by atoms with Crippen LogP contribution in [0.2, 0.25) is 0 Å². The second-order valence-electron chi connectivity index (χ2n) is 3.69. The summed E-state index contributed by atoms with van der Waals surface area (Å²) in [4.78, 5) is 8.25. The summed E-state index contributed by atoms with van der Waals surface area (Å²) < 4.78 is 0. The molecule has 0 spiro atoms. The molecule has 0 amide bonds. The fraction of sp³-hybridized carbons (Fsp3) is 0.636. The third-order valence-electron chi connectivity index (χ3n) is 2.25. The quantitative estimate of drug-likeness (QED) is 0.617. The van der Waals surface area contributed by atoms with Gasteiger partial charge in [-0.05, 0) is 12.8 Å². The van der Waals surface area contributed by atoms with Gasteiger partial charge in [0.25, 0.3) is 0 Å². The lowest BCUT2D eigenvalue weighted by Crippen LogP contribution is -2.10. The SMILES string of the molecule is CCCCNc1ncnc(NCCC)c1N. The summed E-state index contributed by atoms with van der Waals surface area (Å²) >= 11 is 0. The molecule has 16 heavy (non-hydrogen) atoms. The molecule has 0 aliphatic heterocycles. The zero-order valence-electron chi connectivity index (χ0n) is 10.1. The van der Waals surface area contributed by atoms with Gasteiger partial charge in [0, 0.05) is 13.1 Å². The molecule has 5 nitrogen and oxygen atoms in total. The van der Waals surface area contributed by atoms with E-state index in [9.17, 15) is 0 Å². The van der Waals surface area contributed by atoms with Crippen molar-refractivity contribution in [2.24, 2.45) is 0 Å². The predicted molar refractivity (Wildman–Crippen MR) is 68.6 cm³/mol. The summed E-state index contributed by atoms with van der Waals surface area (Å²) in [5, 5.41) is 6.39. The lowest BCUT2D eigenvalue weighted by molar-refractivity contribution is 0.830. The number of rotatable bonds is 7. The predicted octanol–water partition coefficient (Wildman–Crippen LogP) is 2.09. The molecule has 0 saturated carbocycles. The summed E-state index contributed by atoms with van der Waals surface area (Å²) in [5.41, 5.74) is 6.56. The van der Waals surface area contributed by atoms with Crippen LogP contribution in [0, 0.1) is 0 Å². The maximum absolute atomic E-state index is 5.96. The molecular weight excluding hydrogens is 202 g/mol. The molecular formula is C11H21N5. The average Bonchev–Trinajstić information content (AvgIpc) is 2.30. The Morgan fingerprint density at radius 2 is 1.69 bits per heavy atom. The maximum Gasteiger partial charge on any atom is 0.154 e. The van der Waals surface area contributed by atoms with Gasteiger partial charge >= 0.3 is 0 Å². The molecule has 0 saturated heterocycles. The van der Waals surface area contributed by atoms with Crippen LogP contribution < -0.4 is 16.4 Å². The van der Waals surface area contributed by atoms with Gasteiger partial charge in [0.05, 0.1) is 0 Å². The van der Waals surface area contributed by atoms with Gasteiger partial charge < -0.3 is 16.4 Å². The van der Waals surface area contributed by atoms with E-state index in [2.05, 4.69) is 34.4 Å². The standard InChI is InChI=1S/C11H21N5/c1-3-5-7-14-11-9(12)10(13-6-4-2)15-8-16-11/h8H,3-7,12H2,1-2H3,(H2,13,14,15,16). The van der Waals surface area contributed by atoms with Crippen molar-refractivity contribution in [3.8, 4) is 0 Å². The highest BCUT2D eigenvalue weighted by molar-refractivity contribution is 5.73. The Morgan fingerprint density at radius 3 is 2.25 bits per heavy atom. The molecule has 4 N–H and O–H groups in total. The number of hydrogen-bond donors (Lipinski definition) is 3. The van der Waals surface area contributed by atoms with E-state index < -0.39 is 0 Å². The fourth-order valence-corrected chi connectivity index (χ4v) is 1.30. The Kier molecular flexibility index (Phi) is 5.39. The van der Waals surface area contributed by atoms with Crippen LogP contribution in [-0.4, -0.2) is 23.1 Å². The van der Waals surface area contributed by atoms with Crippen LogP contribution in [0.3, 0.4) is 0 Å². The Hall–Kier alpha value is -1.52. The zero-order chi connectivity index (χ0) is 11.8. The number of hydrogen-bond acceptors (Lipinski definition) is 5. The van der Waals surface area contributed by atoms with Crippen LogP contribution in [-0.2, 0) is 0 Å². The Balaban J connectivity index is 2.62. The van der Waals surface area contributed by atoms with Crippen LogP contribution in [0.5, 0.6) is 0 Å². The second-order valence-corrected chi connectivity index (χ2v) is 3.69. The first-order valence-corrected chi connectivity index (χ1v) is 5.87. The molecule has 90 valence electrons. The number of unbranched alkanes of at least 4 members (excludes halogenated alkanes) is 1. The first kappa shape index (κ1) is 12.5. The van der Waals surface area contributed by atoms with Gasteiger partial charge in [0.1, 0.15) is 12.0 Å². The van der Waals surface area contributed by atoms with Crippen molar-refractivity contribution < 1.29 is 0 Å². The van der Waals surface area contributed by atoms with Gasteiger partial charge in [0.15, 0.2) is 11.6 Å². The average molecular weight is 223 g/mol. The van der Waals surface area contributed by atoms with E-state index in [0.29, 0.717) is 5.69 Å². The van der Waals surface area contributed by atoms with E-state index in [1.54, 1.807) is 0 Å². The third kappa shape index (κ3) is 3.56. The minimum atomic E-state index is 0.604. The van der Waals surface area contributed by atoms with E-state index in [1.807, 2.05) is 0 Å². The molecule has 0 atom stereocenters. The van der Waals surface area contributed by atoms with Crippen molar-refractivity contribution in [3.05, 3.63) is 6.33 Å². The summed E-state index contributed by atoms with van der Waals surface area (Å²) in [7, 11) is 0. The minimum Gasteiger partial charge on any atom is -0.393 e. The van der Waals surface area contributed by atoms with Crippen LogP contribution in [0.4, 0.5) is 17.3 Å². The highest BCUT2D eigenvalue weighted by Crippen LogP contribution is 2.22.